The third-order valence-electron chi connectivity index (χ3n) is 4.74. The van der Waals surface area contributed by atoms with Gasteiger partial charge in [-0.25, -0.2) is 19.2 Å². The number of hydrogen-bond acceptors (Lipinski definition) is 5. The number of carbonyl (C=O) groups excluding carboxylic acids is 1. The molecule has 1 aromatic rings. The molecule has 1 amide bonds. The number of alkyl halides is 4. The van der Waals surface area contributed by atoms with Crippen molar-refractivity contribution in [3.63, 3.8) is 0 Å². The Morgan fingerprint density at radius 2 is 1.75 bits per heavy atom. The number of halogens is 4. The summed E-state index contributed by atoms with van der Waals surface area (Å²) in [5, 5.41) is 7.12. The predicted molar refractivity (Wildman–Crippen MR) is 91.7 cm³/mol. The van der Waals surface area contributed by atoms with Crippen LogP contribution in [-0.4, -0.2) is 70.9 Å². The minimum atomic E-state index is -5.08. The van der Waals surface area contributed by atoms with Gasteiger partial charge in [-0.2, -0.15) is 13.2 Å². The Kier molecular flexibility index (Phi) is 6.45. The lowest BCUT2D eigenvalue weighted by Crippen LogP contribution is -2.51. The molecule has 28 heavy (non-hydrogen) atoms. The molecule has 156 valence electrons. The fraction of sp³-hybridized carbons (Fsp3) is 0.647. The summed E-state index contributed by atoms with van der Waals surface area (Å²) < 4.78 is 46.1. The lowest BCUT2D eigenvalue weighted by Gasteiger charge is -2.36. The molecule has 1 saturated carbocycles. The third-order valence-corrected chi connectivity index (χ3v) is 4.74. The van der Waals surface area contributed by atoms with Crippen molar-refractivity contribution in [1.82, 2.24) is 14.9 Å². The van der Waals surface area contributed by atoms with Gasteiger partial charge >= 0.3 is 12.1 Å². The van der Waals surface area contributed by atoms with E-state index < -0.39 is 17.8 Å². The number of aromatic nitrogens is 2. The van der Waals surface area contributed by atoms with Crippen LogP contribution in [0.2, 0.25) is 0 Å². The molecular weight excluding hydrogens is 384 g/mol. The normalized spacial score (nSPS) is 18.0. The Bertz CT molecular complexity index is 736. The van der Waals surface area contributed by atoms with E-state index in [9.17, 15) is 22.4 Å². The number of hydrogen-bond donors (Lipinski definition) is 1. The third kappa shape index (κ3) is 4.87. The first-order valence-electron chi connectivity index (χ1n) is 8.74. The molecule has 0 unspecified atom stereocenters. The van der Waals surface area contributed by atoms with Crippen LogP contribution in [-0.2, 0) is 22.4 Å². The van der Waals surface area contributed by atoms with Crippen LogP contribution in [0.25, 0.3) is 0 Å². The van der Waals surface area contributed by atoms with Crippen molar-refractivity contribution in [2.75, 3.05) is 32.1 Å². The summed E-state index contributed by atoms with van der Waals surface area (Å²) in [4.78, 5) is 33.5. The SMILES string of the molecule is CN(C)c1ncnc2c1CCN(C(=O)C1(F)CCC1)CC2.O=C(O)C(F)(F)F. The second-order valence-corrected chi connectivity index (χ2v) is 6.93. The van der Waals surface area contributed by atoms with E-state index in [1.54, 1.807) is 11.2 Å². The van der Waals surface area contributed by atoms with E-state index in [2.05, 4.69) is 9.97 Å². The molecule has 0 saturated heterocycles. The van der Waals surface area contributed by atoms with Gasteiger partial charge in [0.25, 0.3) is 5.91 Å². The Morgan fingerprint density at radius 1 is 1.18 bits per heavy atom. The number of fused-ring (bicyclic) bond motifs is 1. The smallest absolute Gasteiger partial charge is 0.475 e. The van der Waals surface area contributed by atoms with E-state index in [0.717, 1.165) is 23.5 Å². The average molecular weight is 406 g/mol. The van der Waals surface area contributed by atoms with Crippen molar-refractivity contribution in [2.45, 2.75) is 43.9 Å². The topological polar surface area (TPSA) is 86.6 Å². The number of carboxylic acids is 1. The minimum absolute atomic E-state index is 0.332. The van der Waals surface area contributed by atoms with Crippen molar-refractivity contribution >= 4 is 17.7 Å². The number of nitrogens with zero attached hydrogens (tertiary/aromatic N) is 4. The largest absolute Gasteiger partial charge is 0.490 e. The Hall–Kier alpha value is -2.46. The van der Waals surface area contributed by atoms with Crippen LogP contribution in [0.5, 0.6) is 0 Å². The molecule has 7 nitrogen and oxygen atoms in total. The second-order valence-electron chi connectivity index (χ2n) is 6.93. The number of carbonyl (C=O) groups is 2. The molecule has 1 aliphatic carbocycles. The summed E-state index contributed by atoms with van der Waals surface area (Å²) in [6, 6.07) is 0. The average Bonchev–Trinajstić information content (AvgIpc) is 2.81. The number of carboxylic acid groups (broad SMARTS) is 1. The molecule has 1 N–H and O–H groups in total. The van der Waals surface area contributed by atoms with Crippen molar-refractivity contribution in [3.8, 4) is 0 Å². The molecule has 1 aromatic heterocycles. The van der Waals surface area contributed by atoms with Crippen LogP contribution in [0.15, 0.2) is 6.33 Å². The highest BCUT2D eigenvalue weighted by atomic mass is 19.4. The van der Waals surface area contributed by atoms with Crippen molar-refractivity contribution in [3.05, 3.63) is 17.6 Å². The van der Waals surface area contributed by atoms with E-state index in [1.807, 2.05) is 19.0 Å². The Balaban J connectivity index is 0.000000345. The standard InChI is InChI=1S/C15H21FN4O.C2HF3O2/c1-19(2)13-11-4-8-20(9-5-12(11)17-10-18-13)14(21)15(16)6-3-7-15;3-2(4,5)1(6)7/h10H,3-9H2,1-2H3;(H,6,7). The summed E-state index contributed by atoms with van der Waals surface area (Å²) in [5.74, 6) is -2.19. The van der Waals surface area contributed by atoms with E-state index in [-0.39, 0.29) is 5.91 Å². The number of aliphatic carboxylic acids is 1. The summed E-state index contributed by atoms with van der Waals surface area (Å²) >= 11 is 0. The molecule has 0 aromatic carbocycles. The van der Waals surface area contributed by atoms with Gasteiger partial charge in [-0.3, -0.25) is 4.79 Å². The lowest BCUT2D eigenvalue weighted by atomic mass is 9.81. The maximum absolute atomic E-state index is 14.3. The van der Waals surface area contributed by atoms with Gasteiger partial charge in [0.15, 0.2) is 5.67 Å². The first-order valence-corrected chi connectivity index (χ1v) is 8.74. The molecule has 3 rings (SSSR count). The van der Waals surface area contributed by atoms with Gasteiger partial charge in [-0.1, -0.05) is 0 Å². The lowest BCUT2D eigenvalue weighted by molar-refractivity contribution is -0.192. The zero-order chi connectivity index (χ0) is 21.1. The van der Waals surface area contributed by atoms with Gasteiger partial charge in [-0.15, -0.1) is 0 Å². The first kappa shape index (κ1) is 21.8. The van der Waals surface area contributed by atoms with E-state index in [0.29, 0.717) is 38.8 Å². The highest BCUT2D eigenvalue weighted by Gasteiger charge is 2.47. The van der Waals surface area contributed by atoms with Gasteiger partial charge < -0.3 is 14.9 Å². The fourth-order valence-electron chi connectivity index (χ4n) is 3.08. The molecular formula is C17H22F4N4O3. The van der Waals surface area contributed by atoms with Gasteiger partial charge in [0.2, 0.25) is 0 Å². The van der Waals surface area contributed by atoms with Crippen molar-refractivity contribution in [1.29, 1.82) is 0 Å². The Labute approximate surface area is 159 Å². The number of amides is 1. The quantitative estimate of drug-likeness (QED) is 0.756. The molecule has 2 aliphatic rings. The summed E-state index contributed by atoms with van der Waals surface area (Å²) in [7, 11) is 3.89. The first-order chi connectivity index (χ1) is 13.0. The summed E-state index contributed by atoms with van der Waals surface area (Å²) in [6.45, 7) is 1.09. The van der Waals surface area contributed by atoms with Crippen LogP contribution in [0, 0.1) is 0 Å². The highest BCUT2D eigenvalue weighted by molar-refractivity contribution is 5.86. The predicted octanol–water partition coefficient (Wildman–Crippen LogP) is 2.00. The molecule has 0 bridgehead atoms. The molecule has 0 spiro atoms. The van der Waals surface area contributed by atoms with Gasteiger partial charge in [0.1, 0.15) is 12.1 Å². The molecule has 11 heteroatoms. The minimum Gasteiger partial charge on any atom is -0.475 e. The van der Waals surface area contributed by atoms with Crippen LogP contribution >= 0.6 is 0 Å². The summed E-state index contributed by atoms with van der Waals surface area (Å²) in [5.41, 5.74) is 0.455. The van der Waals surface area contributed by atoms with E-state index in [1.165, 1.54) is 0 Å². The monoisotopic (exact) mass is 406 g/mol. The molecule has 0 atom stereocenters. The van der Waals surface area contributed by atoms with E-state index in [4.69, 9.17) is 9.90 Å². The fourth-order valence-corrected chi connectivity index (χ4v) is 3.08. The molecule has 1 aliphatic heterocycles. The molecule has 0 radical (unpaired) electrons. The van der Waals surface area contributed by atoms with Gasteiger partial charge in [-0.05, 0) is 25.7 Å². The van der Waals surface area contributed by atoms with Crippen LogP contribution in [0.3, 0.4) is 0 Å². The van der Waals surface area contributed by atoms with Crippen LogP contribution in [0.1, 0.15) is 30.5 Å². The highest BCUT2D eigenvalue weighted by Crippen LogP contribution is 2.38. The Morgan fingerprint density at radius 3 is 2.21 bits per heavy atom. The van der Waals surface area contributed by atoms with Crippen molar-refractivity contribution < 1.29 is 32.3 Å². The zero-order valence-electron chi connectivity index (χ0n) is 15.6. The molecule has 2 heterocycles. The second kappa shape index (κ2) is 8.27. The maximum atomic E-state index is 14.3. The van der Waals surface area contributed by atoms with E-state index >= 15 is 0 Å². The zero-order valence-corrected chi connectivity index (χ0v) is 15.6. The number of anilines is 1. The maximum Gasteiger partial charge on any atom is 0.490 e. The van der Waals surface area contributed by atoms with Crippen LogP contribution in [0.4, 0.5) is 23.4 Å². The molecule has 1 fully saturated rings. The summed E-state index contributed by atoms with van der Waals surface area (Å²) in [6.07, 6.45) is -0.608. The van der Waals surface area contributed by atoms with Crippen LogP contribution < -0.4 is 4.90 Å². The number of rotatable bonds is 2. The van der Waals surface area contributed by atoms with Crippen molar-refractivity contribution in [2.24, 2.45) is 0 Å². The van der Waals surface area contributed by atoms with Gasteiger partial charge in [0.05, 0.1) is 5.69 Å². The van der Waals surface area contributed by atoms with Gasteiger partial charge in [0, 0.05) is 39.2 Å².